The number of rotatable bonds is 6. The molecule has 1 atom stereocenters. The van der Waals surface area contributed by atoms with Crippen molar-refractivity contribution in [2.24, 2.45) is 10.9 Å². The fraction of sp³-hybridized carbons (Fsp3) is 0.545. The molecule has 0 saturated carbocycles. The van der Waals surface area contributed by atoms with E-state index in [0.717, 1.165) is 13.1 Å². The third-order valence-corrected chi connectivity index (χ3v) is 1.94. The van der Waals surface area contributed by atoms with Gasteiger partial charge in [-0.1, -0.05) is 19.9 Å². The largest absolute Gasteiger partial charge is 0.342 e. The lowest BCUT2D eigenvalue weighted by atomic mass is 10.1. The van der Waals surface area contributed by atoms with Gasteiger partial charge in [0.25, 0.3) is 0 Å². The second-order valence-corrected chi connectivity index (χ2v) is 3.46. The molecule has 0 aliphatic carbocycles. The van der Waals surface area contributed by atoms with E-state index >= 15 is 0 Å². The Morgan fingerprint density at radius 1 is 1.47 bits per heavy atom. The smallest absolute Gasteiger partial charge is 0.339 e. The summed E-state index contributed by atoms with van der Waals surface area (Å²) in [6.07, 6.45) is 3.98. The number of hydrogen-bond acceptors (Lipinski definition) is 3. The summed E-state index contributed by atoms with van der Waals surface area (Å²) in [4.78, 5) is 25.0. The zero-order valence-electron chi connectivity index (χ0n) is 10.5. The lowest BCUT2D eigenvalue weighted by molar-refractivity contribution is -0.108. The standard InChI is InChI=1S/C11H20N4O2/c1-4-13-7-9(2)5-6-10(14-8-16)15-11(17)12-3/h5-6,8-9,13H,4,7H2,1-3H3,(H2,12,14,15,16,17)/b6-5-. The van der Waals surface area contributed by atoms with Crippen LogP contribution in [0.3, 0.4) is 0 Å². The van der Waals surface area contributed by atoms with Crippen LogP contribution in [0.2, 0.25) is 0 Å². The average molecular weight is 240 g/mol. The number of urea groups is 1. The van der Waals surface area contributed by atoms with Gasteiger partial charge in [-0.25, -0.2) is 4.79 Å². The first-order valence-corrected chi connectivity index (χ1v) is 5.53. The molecule has 0 fully saturated rings. The normalized spacial score (nSPS) is 13.5. The number of amidine groups is 1. The first-order chi connectivity index (χ1) is 8.13. The van der Waals surface area contributed by atoms with Gasteiger partial charge in [0.15, 0.2) is 0 Å². The van der Waals surface area contributed by atoms with Crippen molar-refractivity contribution < 1.29 is 9.59 Å². The molecule has 0 saturated heterocycles. The summed E-state index contributed by atoms with van der Waals surface area (Å²) in [5, 5.41) is 7.90. The van der Waals surface area contributed by atoms with E-state index in [9.17, 15) is 9.59 Å². The van der Waals surface area contributed by atoms with Gasteiger partial charge in [0, 0.05) is 13.6 Å². The maximum atomic E-state index is 11.0. The van der Waals surface area contributed by atoms with Crippen molar-refractivity contribution in [1.82, 2.24) is 16.0 Å². The molecular weight excluding hydrogens is 220 g/mol. The van der Waals surface area contributed by atoms with Crippen molar-refractivity contribution in [1.29, 1.82) is 0 Å². The Hall–Kier alpha value is -1.69. The Morgan fingerprint density at radius 2 is 2.18 bits per heavy atom. The quantitative estimate of drug-likeness (QED) is 0.354. The summed E-state index contributed by atoms with van der Waals surface area (Å²) < 4.78 is 0. The molecule has 0 aromatic heterocycles. The highest BCUT2D eigenvalue weighted by Crippen LogP contribution is 1.95. The van der Waals surface area contributed by atoms with Gasteiger partial charge >= 0.3 is 6.03 Å². The summed E-state index contributed by atoms with van der Waals surface area (Å²) in [5.41, 5.74) is 0. The van der Waals surface area contributed by atoms with Crippen LogP contribution < -0.4 is 16.0 Å². The number of nitrogens with one attached hydrogen (secondary N) is 3. The van der Waals surface area contributed by atoms with Gasteiger partial charge in [-0.15, -0.1) is 0 Å². The Balaban J connectivity index is 4.42. The van der Waals surface area contributed by atoms with E-state index in [-0.39, 0.29) is 5.84 Å². The Morgan fingerprint density at radius 3 is 2.71 bits per heavy atom. The monoisotopic (exact) mass is 240 g/mol. The van der Waals surface area contributed by atoms with E-state index in [1.807, 2.05) is 19.9 Å². The molecule has 3 N–H and O–H groups in total. The molecule has 3 amide bonds. The summed E-state index contributed by atoms with van der Waals surface area (Å²) in [6.45, 7) is 5.80. The number of aliphatic imine (C=N–C) groups is 1. The molecule has 96 valence electrons. The molecule has 0 spiro atoms. The van der Waals surface area contributed by atoms with Crippen molar-refractivity contribution in [3.63, 3.8) is 0 Å². The molecule has 0 aliphatic heterocycles. The van der Waals surface area contributed by atoms with Gasteiger partial charge in [0.05, 0.1) is 0 Å². The minimum absolute atomic E-state index is 0.225. The van der Waals surface area contributed by atoms with Gasteiger partial charge in [-0.2, -0.15) is 4.99 Å². The summed E-state index contributed by atoms with van der Waals surface area (Å²) in [5.74, 6) is 0.515. The van der Waals surface area contributed by atoms with Crippen LogP contribution >= 0.6 is 0 Å². The molecule has 6 nitrogen and oxygen atoms in total. The zero-order valence-corrected chi connectivity index (χ0v) is 10.5. The molecule has 0 heterocycles. The second-order valence-electron chi connectivity index (χ2n) is 3.46. The van der Waals surface area contributed by atoms with Gasteiger partial charge in [0.1, 0.15) is 5.84 Å². The number of hydrogen-bond donors (Lipinski definition) is 3. The van der Waals surface area contributed by atoms with Crippen LogP contribution in [0.25, 0.3) is 0 Å². The summed E-state index contributed by atoms with van der Waals surface area (Å²) in [6, 6.07) is -0.502. The summed E-state index contributed by atoms with van der Waals surface area (Å²) >= 11 is 0. The molecule has 0 radical (unpaired) electrons. The lowest BCUT2D eigenvalue weighted by Gasteiger charge is -2.06. The Kier molecular flexibility index (Phi) is 8.58. The average Bonchev–Trinajstić information content (AvgIpc) is 2.33. The van der Waals surface area contributed by atoms with E-state index < -0.39 is 6.03 Å². The van der Waals surface area contributed by atoms with Crippen molar-refractivity contribution in [2.75, 3.05) is 20.1 Å². The van der Waals surface area contributed by atoms with Crippen LogP contribution in [-0.4, -0.2) is 38.4 Å². The molecule has 0 aliphatic rings. The number of nitrogens with zero attached hydrogens (tertiary/aromatic N) is 1. The van der Waals surface area contributed by atoms with Crippen molar-refractivity contribution in [2.45, 2.75) is 13.8 Å². The van der Waals surface area contributed by atoms with Crippen LogP contribution in [0, 0.1) is 5.92 Å². The van der Waals surface area contributed by atoms with Crippen molar-refractivity contribution in [3.05, 3.63) is 12.2 Å². The third kappa shape index (κ3) is 8.15. The number of carbonyl (C=O) groups excluding carboxylic acids is 2. The fourth-order valence-corrected chi connectivity index (χ4v) is 1.04. The van der Waals surface area contributed by atoms with Crippen molar-refractivity contribution >= 4 is 18.3 Å². The molecule has 0 bridgehead atoms. The van der Waals surface area contributed by atoms with Crippen LogP contribution in [0.4, 0.5) is 4.79 Å². The number of amides is 3. The molecule has 1 unspecified atom stereocenters. The Bertz CT molecular complexity index is 300. The van der Waals surface area contributed by atoms with Crippen LogP contribution in [0.5, 0.6) is 0 Å². The van der Waals surface area contributed by atoms with E-state index in [1.165, 1.54) is 7.05 Å². The lowest BCUT2D eigenvalue weighted by Crippen LogP contribution is -2.24. The topological polar surface area (TPSA) is 82.6 Å². The molecular formula is C11H20N4O2. The predicted octanol–water partition coefficient (Wildman–Crippen LogP) is 0.272. The van der Waals surface area contributed by atoms with Crippen molar-refractivity contribution in [3.8, 4) is 0 Å². The minimum atomic E-state index is -0.502. The fourth-order valence-electron chi connectivity index (χ4n) is 1.04. The van der Waals surface area contributed by atoms with E-state index in [4.69, 9.17) is 0 Å². The van der Waals surface area contributed by atoms with Gasteiger partial charge in [-0.3, -0.25) is 4.79 Å². The second kappa shape index (κ2) is 9.53. The SMILES string of the molecule is CCNCC(C)/C=C\C(=N/C(=O)NC)NC=O. The third-order valence-electron chi connectivity index (χ3n) is 1.94. The number of carbonyl (C=O) groups is 2. The maximum Gasteiger partial charge on any atom is 0.342 e. The minimum Gasteiger partial charge on any atom is -0.339 e. The molecule has 6 heteroatoms. The molecule has 17 heavy (non-hydrogen) atoms. The zero-order chi connectivity index (χ0) is 13.1. The van der Waals surface area contributed by atoms with Crippen LogP contribution in [-0.2, 0) is 4.79 Å². The molecule has 0 aromatic rings. The maximum absolute atomic E-state index is 11.0. The van der Waals surface area contributed by atoms with Gasteiger partial charge in [0.2, 0.25) is 6.41 Å². The highest BCUT2D eigenvalue weighted by Gasteiger charge is 1.99. The highest BCUT2D eigenvalue weighted by molar-refractivity contribution is 6.04. The first kappa shape index (κ1) is 15.3. The van der Waals surface area contributed by atoms with E-state index in [0.29, 0.717) is 12.3 Å². The van der Waals surface area contributed by atoms with Gasteiger partial charge < -0.3 is 16.0 Å². The van der Waals surface area contributed by atoms with Crippen LogP contribution in [0.15, 0.2) is 17.1 Å². The Labute approximate surface area is 102 Å². The molecule has 0 aromatic carbocycles. The first-order valence-electron chi connectivity index (χ1n) is 5.53. The predicted molar refractivity (Wildman–Crippen MR) is 67.9 cm³/mol. The van der Waals surface area contributed by atoms with Gasteiger partial charge in [-0.05, 0) is 18.5 Å². The summed E-state index contributed by atoms with van der Waals surface area (Å²) in [7, 11) is 1.47. The van der Waals surface area contributed by atoms with Crippen LogP contribution in [0.1, 0.15) is 13.8 Å². The molecule has 0 rings (SSSR count). The van der Waals surface area contributed by atoms with E-state index in [2.05, 4.69) is 20.9 Å². The van der Waals surface area contributed by atoms with E-state index in [1.54, 1.807) is 6.08 Å². The highest BCUT2D eigenvalue weighted by atomic mass is 16.2.